The lowest BCUT2D eigenvalue weighted by Gasteiger charge is -2.21. The summed E-state index contributed by atoms with van der Waals surface area (Å²) in [7, 11) is -1.72. The molecule has 0 aliphatic heterocycles. The predicted molar refractivity (Wildman–Crippen MR) is 112 cm³/mol. The lowest BCUT2D eigenvalue weighted by Crippen LogP contribution is -2.29. The van der Waals surface area contributed by atoms with Crippen LogP contribution in [0, 0.1) is 5.92 Å². The third kappa shape index (κ3) is 6.27. The first-order chi connectivity index (χ1) is 13.2. The minimum absolute atomic E-state index is 0.00597. The number of ether oxygens (including phenoxy) is 1. The van der Waals surface area contributed by atoms with Crippen LogP contribution in [0.3, 0.4) is 0 Å². The number of rotatable bonds is 9. The Labute approximate surface area is 167 Å². The van der Waals surface area contributed by atoms with Gasteiger partial charge < -0.3 is 10.1 Å². The molecule has 0 unspecified atom stereocenters. The van der Waals surface area contributed by atoms with E-state index in [4.69, 9.17) is 4.74 Å². The molecule has 0 aliphatic carbocycles. The molecule has 152 valence electrons. The van der Waals surface area contributed by atoms with Gasteiger partial charge in [0.15, 0.2) is 0 Å². The fourth-order valence-corrected chi connectivity index (χ4v) is 3.41. The van der Waals surface area contributed by atoms with Crippen LogP contribution in [0.5, 0.6) is 5.75 Å². The van der Waals surface area contributed by atoms with E-state index in [1.54, 1.807) is 38.3 Å². The van der Waals surface area contributed by atoms with Crippen LogP contribution in [0.15, 0.2) is 48.5 Å². The molecule has 28 heavy (non-hydrogen) atoms. The van der Waals surface area contributed by atoms with Crippen LogP contribution in [0.4, 0.5) is 5.69 Å². The lowest BCUT2D eigenvalue weighted by molar-refractivity contribution is 0.0932. The first-order valence-electron chi connectivity index (χ1n) is 9.29. The van der Waals surface area contributed by atoms with Gasteiger partial charge in [0.25, 0.3) is 5.91 Å². The fourth-order valence-electron chi connectivity index (χ4n) is 2.77. The van der Waals surface area contributed by atoms with Gasteiger partial charge in [0, 0.05) is 11.3 Å². The van der Waals surface area contributed by atoms with Crippen molar-refractivity contribution in [3.8, 4) is 5.75 Å². The van der Waals surface area contributed by atoms with Crippen molar-refractivity contribution in [3.05, 3.63) is 59.7 Å². The van der Waals surface area contributed by atoms with E-state index in [9.17, 15) is 13.2 Å². The number of hydrogen-bond donors (Lipinski definition) is 2. The van der Waals surface area contributed by atoms with E-state index in [0.29, 0.717) is 17.2 Å². The Balaban J connectivity index is 2.13. The molecule has 1 amide bonds. The van der Waals surface area contributed by atoms with Crippen molar-refractivity contribution in [2.75, 3.05) is 17.6 Å². The number of carbonyl (C=O) groups excluding carboxylic acids is 1. The first kappa shape index (κ1) is 21.8. The van der Waals surface area contributed by atoms with Crippen LogP contribution in [0.25, 0.3) is 0 Å². The minimum atomic E-state index is -3.34. The third-order valence-electron chi connectivity index (χ3n) is 4.33. The van der Waals surface area contributed by atoms with Gasteiger partial charge in [0.2, 0.25) is 10.0 Å². The van der Waals surface area contributed by atoms with Gasteiger partial charge >= 0.3 is 0 Å². The molecule has 2 rings (SSSR count). The van der Waals surface area contributed by atoms with Crippen LogP contribution in [0.1, 0.15) is 49.2 Å². The smallest absolute Gasteiger partial charge is 0.251 e. The van der Waals surface area contributed by atoms with Gasteiger partial charge in [0.05, 0.1) is 18.9 Å². The number of methoxy groups -OCH3 is 1. The van der Waals surface area contributed by atoms with Crippen LogP contribution in [-0.2, 0) is 10.0 Å². The number of carbonyl (C=O) groups is 1. The lowest BCUT2D eigenvalue weighted by atomic mass is 9.96. The standard InChI is InChI=1S/C21H28N2O4S/c1-5-28(25,26)23-18-10-6-17(7-11-18)21(24)22-20(14-15(2)3)16-8-12-19(27-4)13-9-16/h6-13,15,20,23H,5,14H2,1-4H3,(H,22,24)/t20-/m0/s1. The number of amides is 1. The molecule has 2 N–H and O–H groups in total. The molecule has 7 heteroatoms. The molecule has 0 aliphatic rings. The number of sulfonamides is 1. The summed E-state index contributed by atoms with van der Waals surface area (Å²) in [6.07, 6.45) is 0.798. The van der Waals surface area contributed by atoms with Crippen molar-refractivity contribution < 1.29 is 17.9 Å². The third-order valence-corrected chi connectivity index (χ3v) is 5.64. The summed E-state index contributed by atoms with van der Waals surface area (Å²) < 4.78 is 30.9. The maximum Gasteiger partial charge on any atom is 0.251 e. The molecule has 0 saturated carbocycles. The van der Waals surface area contributed by atoms with Crippen molar-refractivity contribution in [2.45, 2.75) is 33.2 Å². The summed E-state index contributed by atoms with van der Waals surface area (Å²) in [5, 5.41) is 3.08. The second kappa shape index (κ2) is 9.59. The molecule has 2 aromatic carbocycles. The largest absolute Gasteiger partial charge is 0.497 e. The minimum Gasteiger partial charge on any atom is -0.497 e. The summed E-state index contributed by atoms with van der Waals surface area (Å²) in [6.45, 7) is 5.78. The van der Waals surface area contributed by atoms with Crippen molar-refractivity contribution in [2.24, 2.45) is 5.92 Å². The molecule has 0 aromatic heterocycles. The molecule has 0 spiro atoms. The molecule has 0 fully saturated rings. The second-order valence-electron chi connectivity index (χ2n) is 7.01. The highest BCUT2D eigenvalue weighted by Gasteiger charge is 2.17. The highest BCUT2D eigenvalue weighted by atomic mass is 32.2. The fraction of sp³-hybridized carbons (Fsp3) is 0.381. The molecule has 0 bridgehead atoms. The van der Waals surface area contributed by atoms with Crippen molar-refractivity contribution in [1.82, 2.24) is 5.32 Å². The SMILES string of the molecule is CCS(=O)(=O)Nc1ccc(C(=O)N[C@@H](CC(C)C)c2ccc(OC)cc2)cc1. The zero-order valence-corrected chi connectivity index (χ0v) is 17.5. The second-order valence-corrected chi connectivity index (χ2v) is 9.02. The van der Waals surface area contributed by atoms with Crippen molar-refractivity contribution in [1.29, 1.82) is 0 Å². The van der Waals surface area contributed by atoms with Crippen molar-refractivity contribution in [3.63, 3.8) is 0 Å². The molecule has 2 aromatic rings. The number of anilines is 1. The zero-order chi connectivity index (χ0) is 20.7. The Morgan fingerprint density at radius 3 is 2.14 bits per heavy atom. The summed E-state index contributed by atoms with van der Waals surface area (Å²) in [5.74, 6) is 0.960. The highest BCUT2D eigenvalue weighted by Crippen LogP contribution is 2.24. The van der Waals surface area contributed by atoms with Gasteiger partial charge in [-0.1, -0.05) is 26.0 Å². The maximum atomic E-state index is 12.7. The van der Waals surface area contributed by atoms with Gasteiger partial charge in [0.1, 0.15) is 5.75 Å². The van der Waals surface area contributed by atoms with E-state index >= 15 is 0 Å². The van der Waals surface area contributed by atoms with Crippen molar-refractivity contribution >= 4 is 21.6 Å². The van der Waals surface area contributed by atoms with E-state index in [-0.39, 0.29) is 17.7 Å². The van der Waals surface area contributed by atoms with E-state index in [1.165, 1.54) is 0 Å². The number of hydrogen-bond acceptors (Lipinski definition) is 4. The van der Waals surface area contributed by atoms with Gasteiger partial charge in [-0.3, -0.25) is 9.52 Å². The van der Waals surface area contributed by atoms with Gasteiger partial charge in [-0.05, 0) is 61.2 Å². The number of nitrogens with one attached hydrogen (secondary N) is 2. The van der Waals surface area contributed by atoms with Gasteiger partial charge in [-0.25, -0.2) is 8.42 Å². The van der Waals surface area contributed by atoms with Crippen LogP contribution in [-0.4, -0.2) is 27.2 Å². The predicted octanol–water partition coefficient (Wildman–Crippen LogP) is 3.97. The summed E-state index contributed by atoms with van der Waals surface area (Å²) in [5.41, 5.74) is 1.92. The molecular formula is C21H28N2O4S. The quantitative estimate of drug-likeness (QED) is 0.662. The molecule has 0 radical (unpaired) electrons. The summed E-state index contributed by atoms with van der Waals surface area (Å²) >= 11 is 0. The monoisotopic (exact) mass is 404 g/mol. The van der Waals surface area contributed by atoms with E-state index in [1.807, 2.05) is 24.3 Å². The molecule has 1 atom stereocenters. The molecule has 0 heterocycles. The normalized spacial score (nSPS) is 12.5. The summed E-state index contributed by atoms with van der Waals surface area (Å²) in [4.78, 5) is 12.7. The molecule has 0 saturated heterocycles. The van der Waals surface area contributed by atoms with Gasteiger partial charge in [-0.2, -0.15) is 0 Å². The van der Waals surface area contributed by atoms with Crippen LogP contribution < -0.4 is 14.8 Å². The van der Waals surface area contributed by atoms with Crippen LogP contribution >= 0.6 is 0 Å². The highest BCUT2D eigenvalue weighted by molar-refractivity contribution is 7.92. The average molecular weight is 405 g/mol. The van der Waals surface area contributed by atoms with E-state index < -0.39 is 10.0 Å². The van der Waals surface area contributed by atoms with Crippen LogP contribution in [0.2, 0.25) is 0 Å². The topological polar surface area (TPSA) is 84.5 Å². The maximum absolute atomic E-state index is 12.7. The molecular weight excluding hydrogens is 376 g/mol. The Bertz CT molecular complexity index is 876. The Hall–Kier alpha value is -2.54. The molecule has 6 nitrogen and oxygen atoms in total. The Morgan fingerprint density at radius 1 is 1.04 bits per heavy atom. The summed E-state index contributed by atoms with van der Waals surface area (Å²) in [6, 6.07) is 13.9. The first-order valence-corrected chi connectivity index (χ1v) is 10.9. The Kier molecular flexibility index (Phi) is 7.45. The average Bonchev–Trinajstić information content (AvgIpc) is 2.67. The van der Waals surface area contributed by atoms with E-state index in [0.717, 1.165) is 17.7 Å². The number of benzene rings is 2. The zero-order valence-electron chi connectivity index (χ0n) is 16.7. The Morgan fingerprint density at radius 2 is 1.64 bits per heavy atom. The van der Waals surface area contributed by atoms with Gasteiger partial charge in [-0.15, -0.1) is 0 Å². The van der Waals surface area contributed by atoms with E-state index in [2.05, 4.69) is 23.9 Å².